The topological polar surface area (TPSA) is 39.9 Å². The van der Waals surface area contributed by atoms with Crippen molar-refractivity contribution in [2.45, 2.75) is 6.54 Å². The van der Waals surface area contributed by atoms with Gasteiger partial charge in [0.15, 0.2) is 0 Å². The molecule has 0 N–H and O–H groups in total. The molecule has 2 rings (SSSR count). The molecular formula is C9H10BrN3O. The van der Waals surface area contributed by atoms with Crippen LogP contribution >= 0.6 is 15.9 Å². The Hall–Kier alpha value is -0.940. The van der Waals surface area contributed by atoms with Gasteiger partial charge in [0.25, 0.3) is 0 Å². The Morgan fingerprint density at radius 3 is 3.14 bits per heavy atom. The van der Waals surface area contributed by atoms with Gasteiger partial charge in [0.1, 0.15) is 5.52 Å². The van der Waals surface area contributed by atoms with Gasteiger partial charge in [-0.2, -0.15) is 0 Å². The molecule has 0 aliphatic carbocycles. The number of hydrogen-bond donors (Lipinski definition) is 0. The van der Waals surface area contributed by atoms with Crippen LogP contribution in [0.4, 0.5) is 0 Å². The first-order valence-electron chi connectivity index (χ1n) is 4.29. The van der Waals surface area contributed by atoms with E-state index in [2.05, 4.69) is 26.2 Å². The Labute approximate surface area is 90.0 Å². The van der Waals surface area contributed by atoms with Crippen molar-refractivity contribution in [2.75, 3.05) is 13.7 Å². The van der Waals surface area contributed by atoms with E-state index in [1.54, 1.807) is 7.11 Å². The summed E-state index contributed by atoms with van der Waals surface area (Å²) in [7, 11) is 1.68. The first-order chi connectivity index (χ1) is 6.81. The van der Waals surface area contributed by atoms with Crippen molar-refractivity contribution in [1.29, 1.82) is 0 Å². The molecular weight excluding hydrogens is 246 g/mol. The number of halogens is 1. The first-order valence-corrected chi connectivity index (χ1v) is 5.08. The Bertz CT molecular complexity index is 441. The van der Waals surface area contributed by atoms with Gasteiger partial charge in [0.05, 0.1) is 18.7 Å². The van der Waals surface area contributed by atoms with Gasteiger partial charge in [-0.05, 0) is 18.2 Å². The third kappa shape index (κ3) is 1.78. The summed E-state index contributed by atoms with van der Waals surface area (Å²) >= 11 is 3.42. The summed E-state index contributed by atoms with van der Waals surface area (Å²) in [6.07, 6.45) is 0. The molecule has 0 unspecified atom stereocenters. The third-order valence-corrected chi connectivity index (χ3v) is 2.48. The molecule has 0 bridgehead atoms. The monoisotopic (exact) mass is 255 g/mol. The molecule has 0 saturated carbocycles. The lowest BCUT2D eigenvalue weighted by Crippen LogP contribution is -2.05. The van der Waals surface area contributed by atoms with E-state index in [9.17, 15) is 0 Å². The number of fused-ring (bicyclic) bond motifs is 1. The van der Waals surface area contributed by atoms with Crippen LogP contribution < -0.4 is 0 Å². The molecule has 0 spiro atoms. The maximum Gasteiger partial charge on any atom is 0.113 e. The van der Waals surface area contributed by atoms with E-state index in [4.69, 9.17) is 4.74 Å². The number of benzene rings is 1. The first kappa shape index (κ1) is 9.61. The van der Waals surface area contributed by atoms with Crippen molar-refractivity contribution in [3.8, 4) is 0 Å². The van der Waals surface area contributed by atoms with Crippen molar-refractivity contribution in [3.05, 3.63) is 22.7 Å². The normalized spacial score (nSPS) is 11.0. The molecule has 1 aromatic heterocycles. The maximum absolute atomic E-state index is 4.99. The second kappa shape index (κ2) is 4.06. The average molecular weight is 256 g/mol. The van der Waals surface area contributed by atoms with Crippen LogP contribution in [0.1, 0.15) is 0 Å². The van der Waals surface area contributed by atoms with Gasteiger partial charge in [0.2, 0.25) is 0 Å². The number of hydrogen-bond acceptors (Lipinski definition) is 3. The molecule has 14 heavy (non-hydrogen) atoms. The smallest absolute Gasteiger partial charge is 0.113 e. The maximum atomic E-state index is 4.99. The van der Waals surface area contributed by atoms with Crippen LogP contribution in [0, 0.1) is 0 Å². The van der Waals surface area contributed by atoms with E-state index >= 15 is 0 Å². The lowest BCUT2D eigenvalue weighted by molar-refractivity contribution is 0.184. The number of ether oxygens (including phenoxy) is 1. The minimum absolute atomic E-state index is 0.644. The number of aromatic nitrogens is 3. The molecule has 0 radical (unpaired) electrons. The van der Waals surface area contributed by atoms with Crippen molar-refractivity contribution < 1.29 is 4.74 Å². The lowest BCUT2D eigenvalue weighted by Gasteiger charge is -2.00. The summed E-state index contributed by atoms with van der Waals surface area (Å²) in [6.45, 7) is 1.37. The number of nitrogens with zero attached hydrogens (tertiary/aromatic N) is 3. The van der Waals surface area contributed by atoms with Crippen LogP contribution in [0.25, 0.3) is 11.0 Å². The van der Waals surface area contributed by atoms with Crippen LogP contribution in [0.3, 0.4) is 0 Å². The molecule has 5 heteroatoms. The highest BCUT2D eigenvalue weighted by Gasteiger charge is 2.03. The predicted octanol–water partition coefficient (Wildman–Crippen LogP) is 1.84. The van der Waals surface area contributed by atoms with E-state index in [-0.39, 0.29) is 0 Å². The van der Waals surface area contributed by atoms with Crippen molar-refractivity contribution >= 4 is 27.0 Å². The van der Waals surface area contributed by atoms with Gasteiger partial charge in [-0.1, -0.05) is 21.1 Å². The quantitative estimate of drug-likeness (QED) is 0.841. The second-order valence-corrected chi connectivity index (χ2v) is 3.85. The minimum Gasteiger partial charge on any atom is -0.383 e. The van der Waals surface area contributed by atoms with E-state index in [1.165, 1.54) is 0 Å². The molecule has 0 saturated heterocycles. The van der Waals surface area contributed by atoms with Gasteiger partial charge in [-0.15, -0.1) is 5.10 Å². The molecule has 2 aromatic rings. The highest BCUT2D eigenvalue weighted by molar-refractivity contribution is 9.10. The molecule has 0 amide bonds. The van der Waals surface area contributed by atoms with Crippen LogP contribution in [-0.4, -0.2) is 28.7 Å². The van der Waals surface area contributed by atoms with Crippen LogP contribution in [0.15, 0.2) is 22.7 Å². The molecule has 1 heterocycles. The number of methoxy groups -OCH3 is 1. The van der Waals surface area contributed by atoms with Gasteiger partial charge >= 0.3 is 0 Å². The molecule has 74 valence electrons. The fourth-order valence-corrected chi connectivity index (χ4v) is 1.63. The molecule has 4 nitrogen and oxygen atoms in total. The number of rotatable bonds is 3. The van der Waals surface area contributed by atoms with E-state index in [0.717, 1.165) is 22.1 Å². The SMILES string of the molecule is COCCn1nnc2ccc(Br)cc21. The second-order valence-electron chi connectivity index (χ2n) is 2.94. The largest absolute Gasteiger partial charge is 0.383 e. The fourth-order valence-electron chi connectivity index (χ4n) is 1.28. The van der Waals surface area contributed by atoms with Crippen LogP contribution in [0.2, 0.25) is 0 Å². The Morgan fingerprint density at radius 1 is 1.50 bits per heavy atom. The van der Waals surface area contributed by atoms with Crippen LogP contribution in [0.5, 0.6) is 0 Å². The molecule has 0 aliphatic heterocycles. The molecule has 0 aliphatic rings. The zero-order chi connectivity index (χ0) is 9.97. The van der Waals surface area contributed by atoms with Gasteiger partial charge in [-0.3, -0.25) is 0 Å². The predicted molar refractivity (Wildman–Crippen MR) is 57.1 cm³/mol. The van der Waals surface area contributed by atoms with Gasteiger partial charge < -0.3 is 4.74 Å². The molecule has 0 atom stereocenters. The molecule has 1 aromatic carbocycles. The third-order valence-electron chi connectivity index (χ3n) is 1.98. The standard InChI is InChI=1S/C9H10BrN3O/c1-14-5-4-13-9-6-7(10)2-3-8(9)11-12-13/h2-3,6H,4-5H2,1H3. The summed E-state index contributed by atoms with van der Waals surface area (Å²) < 4.78 is 7.86. The summed E-state index contributed by atoms with van der Waals surface area (Å²) in [4.78, 5) is 0. The van der Waals surface area contributed by atoms with Gasteiger partial charge in [-0.25, -0.2) is 4.68 Å². The van der Waals surface area contributed by atoms with Crippen LogP contribution in [-0.2, 0) is 11.3 Å². The zero-order valence-electron chi connectivity index (χ0n) is 7.77. The van der Waals surface area contributed by atoms with E-state index in [0.29, 0.717) is 6.61 Å². The summed E-state index contributed by atoms with van der Waals surface area (Å²) in [6, 6.07) is 5.90. The lowest BCUT2D eigenvalue weighted by atomic mass is 10.3. The highest BCUT2D eigenvalue weighted by atomic mass is 79.9. The van der Waals surface area contributed by atoms with Gasteiger partial charge in [0, 0.05) is 11.6 Å². The average Bonchev–Trinajstić information content (AvgIpc) is 2.57. The highest BCUT2D eigenvalue weighted by Crippen LogP contribution is 2.17. The Kier molecular flexibility index (Phi) is 2.79. The minimum atomic E-state index is 0.644. The summed E-state index contributed by atoms with van der Waals surface area (Å²) in [5, 5.41) is 8.09. The summed E-state index contributed by atoms with van der Waals surface area (Å²) in [5.41, 5.74) is 1.93. The van der Waals surface area contributed by atoms with Crippen molar-refractivity contribution in [2.24, 2.45) is 0 Å². The Morgan fingerprint density at radius 2 is 2.36 bits per heavy atom. The molecule has 0 fully saturated rings. The van der Waals surface area contributed by atoms with E-state index < -0.39 is 0 Å². The summed E-state index contributed by atoms with van der Waals surface area (Å²) in [5.74, 6) is 0. The fraction of sp³-hybridized carbons (Fsp3) is 0.333. The Balaban J connectivity index is 2.40. The van der Waals surface area contributed by atoms with Crippen molar-refractivity contribution in [3.63, 3.8) is 0 Å². The van der Waals surface area contributed by atoms with Crippen molar-refractivity contribution in [1.82, 2.24) is 15.0 Å². The zero-order valence-corrected chi connectivity index (χ0v) is 9.36. The van der Waals surface area contributed by atoms with E-state index in [1.807, 2.05) is 22.9 Å².